The summed E-state index contributed by atoms with van der Waals surface area (Å²) in [5.41, 5.74) is 0.676. The van der Waals surface area contributed by atoms with Crippen molar-refractivity contribution in [1.29, 1.82) is 0 Å². The van der Waals surface area contributed by atoms with Gasteiger partial charge in [-0.25, -0.2) is 0 Å². The first-order valence-corrected chi connectivity index (χ1v) is 8.40. The fourth-order valence-electron chi connectivity index (χ4n) is 1.99. The molecule has 20 heavy (non-hydrogen) atoms. The van der Waals surface area contributed by atoms with E-state index in [9.17, 15) is 8.42 Å². The Labute approximate surface area is 121 Å². The van der Waals surface area contributed by atoms with Crippen LogP contribution in [0.5, 0.6) is 0 Å². The van der Waals surface area contributed by atoms with Gasteiger partial charge in [0.1, 0.15) is 0 Å². The minimum Gasteiger partial charge on any atom is -0.314 e. The predicted octanol–water partition coefficient (Wildman–Crippen LogP) is 1.44. The standard InChI is InChI=1S/C14H23N3O2S/c1-16(12-6-11-15-13-9-10-13)20(18,19)17(2)14-7-4-3-5-8-14/h3-5,7-8,13,15H,6,9-12H2,1-2H3. The normalized spacial score (nSPS) is 15.6. The Morgan fingerprint density at radius 3 is 2.45 bits per heavy atom. The van der Waals surface area contributed by atoms with Crippen molar-refractivity contribution in [3.05, 3.63) is 30.3 Å². The Hall–Kier alpha value is -1.11. The molecule has 1 aliphatic rings. The topological polar surface area (TPSA) is 52.7 Å². The van der Waals surface area contributed by atoms with Crippen LogP contribution >= 0.6 is 0 Å². The number of para-hydroxylation sites is 1. The van der Waals surface area contributed by atoms with E-state index in [1.807, 2.05) is 18.2 Å². The van der Waals surface area contributed by atoms with Crippen molar-refractivity contribution in [3.8, 4) is 0 Å². The highest BCUT2D eigenvalue weighted by molar-refractivity contribution is 7.90. The molecular weight excluding hydrogens is 274 g/mol. The molecule has 0 saturated heterocycles. The van der Waals surface area contributed by atoms with Gasteiger partial charge in [-0.15, -0.1) is 0 Å². The van der Waals surface area contributed by atoms with Gasteiger partial charge in [0.15, 0.2) is 0 Å². The van der Waals surface area contributed by atoms with Crippen molar-refractivity contribution in [2.75, 3.05) is 31.5 Å². The van der Waals surface area contributed by atoms with Gasteiger partial charge in [0, 0.05) is 26.7 Å². The molecule has 6 heteroatoms. The third-order valence-corrected chi connectivity index (χ3v) is 5.39. The Morgan fingerprint density at radius 2 is 1.85 bits per heavy atom. The van der Waals surface area contributed by atoms with Gasteiger partial charge in [0.2, 0.25) is 0 Å². The van der Waals surface area contributed by atoms with Gasteiger partial charge in [-0.05, 0) is 37.9 Å². The van der Waals surface area contributed by atoms with Crippen LogP contribution in [0.25, 0.3) is 0 Å². The minimum absolute atomic E-state index is 0.527. The lowest BCUT2D eigenvalue weighted by atomic mass is 10.3. The summed E-state index contributed by atoms with van der Waals surface area (Å²) < 4.78 is 27.5. The summed E-state index contributed by atoms with van der Waals surface area (Å²) in [4.78, 5) is 0. The molecule has 1 fully saturated rings. The quantitative estimate of drug-likeness (QED) is 0.739. The van der Waals surface area contributed by atoms with Crippen LogP contribution in [0.15, 0.2) is 30.3 Å². The van der Waals surface area contributed by atoms with Crippen LogP contribution in [0.1, 0.15) is 19.3 Å². The van der Waals surface area contributed by atoms with E-state index in [1.165, 1.54) is 21.5 Å². The van der Waals surface area contributed by atoms with Crippen LogP contribution in [0, 0.1) is 0 Å². The molecule has 1 aliphatic carbocycles. The highest BCUT2D eigenvalue weighted by Crippen LogP contribution is 2.19. The molecule has 5 nitrogen and oxygen atoms in total. The van der Waals surface area contributed by atoms with Gasteiger partial charge in [0.25, 0.3) is 0 Å². The number of hydrogen-bond donors (Lipinski definition) is 1. The molecule has 0 spiro atoms. The van der Waals surface area contributed by atoms with Crippen LogP contribution in [0.2, 0.25) is 0 Å². The summed E-state index contributed by atoms with van der Waals surface area (Å²) in [6.45, 7) is 1.40. The number of nitrogens with one attached hydrogen (secondary N) is 1. The molecule has 1 aromatic rings. The maximum absolute atomic E-state index is 12.4. The predicted molar refractivity (Wildman–Crippen MR) is 82.0 cm³/mol. The zero-order chi connectivity index (χ0) is 14.6. The fraction of sp³-hybridized carbons (Fsp3) is 0.571. The Morgan fingerprint density at radius 1 is 1.20 bits per heavy atom. The second-order valence-corrected chi connectivity index (χ2v) is 7.28. The number of anilines is 1. The molecule has 0 aliphatic heterocycles. The molecule has 0 bridgehead atoms. The average Bonchev–Trinajstić information content (AvgIpc) is 3.27. The molecule has 0 amide bonds. The SMILES string of the molecule is CN(CCCNC1CC1)S(=O)(=O)N(C)c1ccccc1. The molecule has 0 radical (unpaired) electrons. The molecule has 2 rings (SSSR count). The lowest BCUT2D eigenvalue weighted by molar-refractivity contribution is 0.452. The van der Waals surface area contributed by atoms with Crippen LogP contribution in [0.3, 0.4) is 0 Å². The minimum atomic E-state index is -3.44. The van der Waals surface area contributed by atoms with Gasteiger partial charge in [-0.2, -0.15) is 12.7 Å². The Balaban J connectivity index is 1.87. The van der Waals surface area contributed by atoms with Gasteiger partial charge >= 0.3 is 10.2 Å². The first-order valence-electron chi connectivity index (χ1n) is 7.00. The first kappa shape index (κ1) is 15.3. The van der Waals surface area contributed by atoms with Gasteiger partial charge in [0.05, 0.1) is 5.69 Å². The molecule has 1 N–H and O–H groups in total. The van der Waals surface area contributed by atoms with Crippen LogP contribution in [-0.2, 0) is 10.2 Å². The van der Waals surface area contributed by atoms with Crippen molar-refractivity contribution in [2.45, 2.75) is 25.3 Å². The van der Waals surface area contributed by atoms with Crippen molar-refractivity contribution in [1.82, 2.24) is 9.62 Å². The molecule has 1 aromatic carbocycles. The van der Waals surface area contributed by atoms with E-state index >= 15 is 0 Å². The van der Waals surface area contributed by atoms with Gasteiger partial charge < -0.3 is 5.32 Å². The van der Waals surface area contributed by atoms with Crippen LogP contribution < -0.4 is 9.62 Å². The average molecular weight is 297 g/mol. The highest BCUT2D eigenvalue weighted by Gasteiger charge is 2.24. The molecule has 0 unspecified atom stereocenters. The van der Waals surface area contributed by atoms with Gasteiger partial charge in [-0.1, -0.05) is 18.2 Å². The monoisotopic (exact) mass is 297 g/mol. The van der Waals surface area contributed by atoms with Crippen LogP contribution in [0.4, 0.5) is 5.69 Å². The molecule has 0 aromatic heterocycles. The van der Waals surface area contributed by atoms with Gasteiger partial charge in [-0.3, -0.25) is 4.31 Å². The molecule has 112 valence electrons. The summed E-state index contributed by atoms with van der Waals surface area (Å²) in [6, 6.07) is 9.79. The lowest BCUT2D eigenvalue weighted by Crippen LogP contribution is -2.40. The number of hydrogen-bond acceptors (Lipinski definition) is 3. The van der Waals surface area contributed by atoms with E-state index < -0.39 is 10.2 Å². The highest BCUT2D eigenvalue weighted by atomic mass is 32.2. The summed E-state index contributed by atoms with van der Waals surface area (Å²) >= 11 is 0. The van der Waals surface area contributed by atoms with E-state index in [0.29, 0.717) is 18.3 Å². The van der Waals surface area contributed by atoms with Crippen molar-refractivity contribution in [3.63, 3.8) is 0 Å². The smallest absolute Gasteiger partial charge is 0.303 e. The molecular formula is C14H23N3O2S. The Bertz CT molecular complexity index is 514. The van der Waals surface area contributed by atoms with Crippen molar-refractivity contribution < 1.29 is 8.42 Å². The summed E-state index contributed by atoms with van der Waals surface area (Å²) in [5, 5.41) is 3.39. The van der Waals surface area contributed by atoms with Crippen molar-refractivity contribution >= 4 is 15.9 Å². The number of rotatable bonds is 8. The maximum atomic E-state index is 12.4. The summed E-state index contributed by atoms with van der Waals surface area (Å²) in [7, 11) is -0.220. The van der Waals surface area contributed by atoms with E-state index in [-0.39, 0.29) is 0 Å². The summed E-state index contributed by atoms with van der Waals surface area (Å²) in [6.07, 6.45) is 3.34. The number of nitrogens with zero attached hydrogens (tertiary/aromatic N) is 2. The zero-order valence-corrected chi connectivity index (χ0v) is 12.9. The third kappa shape index (κ3) is 3.94. The Kier molecular flexibility index (Phi) is 5.01. The van der Waals surface area contributed by atoms with Crippen molar-refractivity contribution in [2.24, 2.45) is 0 Å². The van der Waals surface area contributed by atoms with E-state index in [0.717, 1.165) is 13.0 Å². The number of benzene rings is 1. The lowest BCUT2D eigenvalue weighted by Gasteiger charge is -2.25. The first-order chi connectivity index (χ1) is 9.51. The maximum Gasteiger partial charge on any atom is 0.303 e. The van der Waals surface area contributed by atoms with Crippen LogP contribution in [-0.4, -0.2) is 45.9 Å². The summed E-state index contributed by atoms with van der Waals surface area (Å²) in [5.74, 6) is 0. The van der Waals surface area contributed by atoms with E-state index in [1.54, 1.807) is 26.2 Å². The second kappa shape index (κ2) is 6.56. The third-order valence-electron chi connectivity index (χ3n) is 3.52. The second-order valence-electron chi connectivity index (χ2n) is 5.21. The molecule has 0 atom stereocenters. The van der Waals surface area contributed by atoms with E-state index in [2.05, 4.69) is 5.32 Å². The molecule has 0 heterocycles. The zero-order valence-electron chi connectivity index (χ0n) is 12.1. The largest absolute Gasteiger partial charge is 0.314 e. The van der Waals surface area contributed by atoms with E-state index in [4.69, 9.17) is 0 Å². The molecule has 1 saturated carbocycles. The fourth-order valence-corrected chi connectivity index (χ4v) is 3.16.